The number of rotatable bonds is 31. The number of carboxylic acids is 1. The molecule has 84 heavy (non-hydrogen) atoms. The van der Waals surface area contributed by atoms with Crippen molar-refractivity contribution in [3.05, 3.63) is 114 Å². The molecular weight excluding hydrogens is 1100 g/mol. The van der Waals surface area contributed by atoms with Crippen molar-refractivity contribution in [1.29, 1.82) is 0 Å². The van der Waals surface area contributed by atoms with E-state index in [9.17, 15) is 74.1 Å². The number of carbonyl (C=O) groups excluding carboxylic acids is 7. The number of hydrogen-bond acceptors (Lipinski definition) is 19. The van der Waals surface area contributed by atoms with E-state index in [4.69, 9.17) is 20.0 Å². The minimum absolute atomic E-state index is 0.0809. The monoisotopic (exact) mass is 1170 g/mol. The van der Waals surface area contributed by atoms with E-state index >= 15 is 0 Å². The number of aliphatic hydroxyl groups is 4. The first-order valence-corrected chi connectivity index (χ1v) is 26.6. The Morgan fingerprint density at radius 1 is 0.679 bits per heavy atom. The van der Waals surface area contributed by atoms with Crippen molar-refractivity contribution in [2.24, 2.45) is 16.8 Å². The lowest BCUT2D eigenvalue weighted by atomic mass is 9.99. The minimum Gasteiger partial charge on any atom is -0.508 e. The molecule has 0 radical (unpaired) electrons. The van der Waals surface area contributed by atoms with Crippen LogP contribution in [0.15, 0.2) is 96.7 Å². The number of ether oxygens (including phenoxy) is 2. The maximum Gasteiger partial charge on any atom is 0.305 e. The van der Waals surface area contributed by atoms with Gasteiger partial charge in [0.1, 0.15) is 85.0 Å². The zero-order valence-corrected chi connectivity index (χ0v) is 45.6. The van der Waals surface area contributed by atoms with Crippen LogP contribution in [0.5, 0.6) is 11.5 Å². The minimum atomic E-state index is -1.91. The van der Waals surface area contributed by atoms with Gasteiger partial charge in [0.05, 0.1) is 26.0 Å². The number of nitrogens with one attached hydrogen (secondary N) is 8. The molecule has 11 atom stereocenters. The Balaban J connectivity index is 1.19. The summed E-state index contributed by atoms with van der Waals surface area (Å²) in [7, 11) is 0. The molecule has 0 aliphatic carbocycles. The number of oxime groups is 1. The number of aromatic hydroxyl groups is 2. The second kappa shape index (κ2) is 30.9. The van der Waals surface area contributed by atoms with Crippen molar-refractivity contribution in [1.82, 2.24) is 46.9 Å². The van der Waals surface area contributed by atoms with E-state index in [0.717, 1.165) is 0 Å². The fraction of sp³-hybridized carbons (Fsp3) is 0.418. The predicted octanol–water partition coefficient (Wildman–Crippen LogP) is -2.69. The van der Waals surface area contributed by atoms with Crippen LogP contribution in [-0.4, -0.2) is 191 Å². The quantitative estimate of drug-likeness (QED) is 0.0122. The summed E-state index contributed by atoms with van der Waals surface area (Å²) < 4.78 is 10.6. The highest BCUT2D eigenvalue weighted by molar-refractivity contribution is 6.26. The third-order valence-corrected chi connectivity index (χ3v) is 13.3. The van der Waals surface area contributed by atoms with Gasteiger partial charge in [0.25, 0.3) is 5.91 Å². The van der Waals surface area contributed by atoms with Crippen LogP contribution in [0.3, 0.4) is 0 Å². The van der Waals surface area contributed by atoms with Crippen molar-refractivity contribution < 1.29 is 88.4 Å². The number of aromatic amines is 2. The SMILES string of the molecule is CC(C)C[C@H](NC(=O)[C@H](CC(=O)O)NC(=O)[C@H](Cc1ccc(O)cc1)NC(=O)[C@H](Cc1c[nH]c2ccccc12)NC(=O)/C=N/OCCO[C@H]1O[C@H](CO)[C@@H](O)[C@H](O)[C@@H]1O)C(=O)N[C@@H](Cc1ccc(O)cc1)C(=O)N[C@@H](Cc1cnc[nH]1)C(N)=O. The first kappa shape index (κ1) is 64.2. The number of para-hydroxylation sites is 1. The molecule has 5 aromatic rings. The van der Waals surface area contributed by atoms with Gasteiger partial charge in [-0.05, 0) is 59.4 Å². The molecule has 0 spiro atoms. The van der Waals surface area contributed by atoms with Gasteiger partial charge in [-0.25, -0.2) is 4.98 Å². The third kappa shape index (κ3) is 19.0. The Morgan fingerprint density at radius 3 is 1.79 bits per heavy atom. The van der Waals surface area contributed by atoms with Crippen LogP contribution in [0.1, 0.15) is 49.1 Å². The van der Waals surface area contributed by atoms with Crippen molar-refractivity contribution in [3.63, 3.8) is 0 Å². The van der Waals surface area contributed by atoms with E-state index in [1.165, 1.54) is 61.1 Å². The van der Waals surface area contributed by atoms with E-state index in [-0.39, 0.29) is 62.7 Å². The standard InChI is InChI=1S/C55H69N11O18/c1-28(2)17-38(50(77)64-39(18-29-7-11-33(68)12-8-29)51(78)62-37(49(56)76)21-32-24-57-27-59-32)63-54(81)42(22-45(71)72)66-52(79)40(19-30-9-13-34(69)14-10-30)65-53(80)41(20-31-23-58-36-6-4-3-5-35(31)36)61-44(70)25-60-83-16-15-82-55-48(75)47(74)46(73)43(26-67)84-55/h3-14,23-25,27-28,37-43,46-48,55,58,67-69,73-75H,15-22,26H2,1-2H3,(H2,56,76)(H,57,59)(H,61,70)(H,62,78)(H,63,81)(H,64,77)(H,65,80)(H,66,79)(H,71,72)/b60-25+/t37-,38-,39-,40-,41-,42-,43+,46+,47-,48-,55-/m0/s1. The molecule has 7 amide bonds. The second-order valence-electron chi connectivity index (χ2n) is 20.2. The summed E-state index contributed by atoms with van der Waals surface area (Å²) in [5.74, 6) is -8.92. The number of phenolic OH excluding ortho intramolecular Hbond substituents is 2. The van der Waals surface area contributed by atoms with Gasteiger partial charge >= 0.3 is 5.97 Å². The van der Waals surface area contributed by atoms with Gasteiger partial charge in [-0.1, -0.05) is 61.5 Å². The van der Waals surface area contributed by atoms with Gasteiger partial charge in [0.15, 0.2) is 6.29 Å². The molecule has 0 saturated carbocycles. The maximum atomic E-state index is 14.5. The lowest BCUT2D eigenvalue weighted by Crippen LogP contribution is -2.60. The van der Waals surface area contributed by atoms with E-state index in [1.807, 2.05) is 0 Å². The molecule has 1 fully saturated rings. The average Bonchev–Trinajstić information content (AvgIpc) is 3.96. The summed E-state index contributed by atoms with van der Waals surface area (Å²) in [6, 6.07) is 9.10. The van der Waals surface area contributed by atoms with Gasteiger partial charge < -0.3 is 97.7 Å². The van der Waals surface area contributed by atoms with E-state index in [1.54, 1.807) is 44.3 Å². The number of carbonyl (C=O) groups is 8. The van der Waals surface area contributed by atoms with Crippen LogP contribution in [0.4, 0.5) is 0 Å². The number of fused-ring (bicyclic) bond motifs is 1. The fourth-order valence-electron chi connectivity index (χ4n) is 8.92. The number of phenols is 2. The molecular formula is C55H69N11O18. The Morgan fingerprint density at radius 2 is 1.23 bits per heavy atom. The van der Waals surface area contributed by atoms with Crippen molar-refractivity contribution in [3.8, 4) is 11.5 Å². The highest BCUT2D eigenvalue weighted by Crippen LogP contribution is 2.23. The Labute approximate surface area is 479 Å². The smallest absolute Gasteiger partial charge is 0.305 e. The van der Waals surface area contributed by atoms with Crippen molar-refractivity contribution in [2.75, 3.05) is 19.8 Å². The molecule has 3 aromatic carbocycles. The number of nitrogens with zero attached hydrogens (tertiary/aromatic N) is 2. The lowest BCUT2D eigenvalue weighted by molar-refractivity contribution is -0.302. The molecule has 0 bridgehead atoms. The van der Waals surface area contributed by atoms with Crippen LogP contribution in [0, 0.1) is 5.92 Å². The molecule has 452 valence electrons. The summed E-state index contributed by atoms with van der Waals surface area (Å²) in [6.07, 6.45) is -4.47. The second-order valence-corrected chi connectivity index (χ2v) is 20.2. The number of imidazole rings is 1. The molecule has 0 unspecified atom stereocenters. The molecule has 1 saturated heterocycles. The number of carboxylic acid groups (broad SMARTS) is 1. The van der Waals surface area contributed by atoms with Gasteiger partial charge in [-0.3, -0.25) is 38.4 Å². The summed E-state index contributed by atoms with van der Waals surface area (Å²) in [6.45, 7) is 2.10. The molecule has 29 nitrogen and oxygen atoms in total. The fourth-order valence-corrected chi connectivity index (χ4v) is 8.92. The van der Waals surface area contributed by atoms with Gasteiger partial charge in [0, 0.05) is 54.7 Å². The largest absolute Gasteiger partial charge is 0.508 e. The predicted molar refractivity (Wildman–Crippen MR) is 295 cm³/mol. The zero-order valence-electron chi connectivity index (χ0n) is 45.6. The zero-order chi connectivity index (χ0) is 61.0. The summed E-state index contributed by atoms with van der Waals surface area (Å²) >= 11 is 0. The van der Waals surface area contributed by atoms with Crippen LogP contribution in [0.25, 0.3) is 10.9 Å². The number of primary amides is 1. The number of H-pyrrole nitrogens is 2. The number of amides is 7. The number of aliphatic hydroxyl groups excluding tert-OH is 4. The average molecular weight is 1170 g/mol. The molecule has 29 heteroatoms. The van der Waals surface area contributed by atoms with Crippen molar-refractivity contribution >= 4 is 64.4 Å². The van der Waals surface area contributed by atoms with Crippen molar-refractivity contribution in [2.45, 2.75) is 119 Å². The first-order valence-electron chi connectivity index (χ1n) is 26.6. The summed E-state index contributed by atoms with van der Waals surface area (Å²) in [5.41, 5.74) is 8.17. The normalized spacial score (nSPS) is 19.0. The Hall–Kier alpha value is -9.00. The Kier molecular flexibility index (Phi) is 23.6. The Bertz CT molecular complexity index is 3050. The summed E-state index contributed by atoms with van der Waals surface area (Å²) in [5, 5.41) is 89.2. The molecule has 17 N–H and O–H groups in total. The number of benzene rings is 3. The van der Waals surface area contributed by atoms with E-state index in [2.05, 4.69) is 52.0 Å². The highest BCUT2D eigenvalue weighted by Gasteiger charge is 2.44. The molecule has 1 aliphatic heterocycles. The van der Waals surface area contributed by atoms with E-state index in [0.29, 0.717) is 39.5 Å². The topological polar surface area (TPSA) is 461 Å². The number of nitrogens with two attached hydrogens (primary N) is 1. The van der Waals surface area contributed by atoms with Crippen LogP contribution >= 0.6 is 0 Å². The molecule has 6 rings (SSSR count). The number of aliphatic carboxylic acids is 1. The van der Waals surface area contributed by atoms with E-state index < -0.39 is 127 Å². The van der Waals surface area contributed by atoms with Crippen LogP contribution in [-0.2, 0) is 78.4 Å². The molecule has 1 aliphatic rings. The third-order valence-electron chi connectivity index (χ3n) is 13.3. The van der Waals surface area contributed by atoms with Gasteiger partial charge in [-0.15, -0.1) is 0 Å². The lowest BCUT2D eigenvalue weighted by Gasteiger charge is -2.39. The molecule has 2 aromatic heterocycles. The van der Waals surface area contributed by atoms with Crippen LogP contribution in [0.2, 0.25) is 0 Å². The number of hydrogen-bond donors (Lipinski definition) is 16. The number of aromatic nitrogens is 3. The molecule has 3 heterocycles. The van der Waals surface area contributed by atoms with Gasteiger partial charge in [0.2, 0.25) is 35.4 Å². The first-order chi connectivity index (χ1) is 40.1. The van der Waals surface area contributed by atoms with Gasteiger partial charge in [-0.2, -0.15) is 0 Å². The summed E-state index contributed by atoms with van der Waals surface area (Å²) in [4.78, 5) is 125. The van der Waals surface area contributed by atoms with Crippen LogP contribution < -0.4 is 37.6 Å². The maximum absolute atomic E-state index is 14.5. The highest BCUT2D eigenvalue weighted by atomic mass is 16.7.